The average molecular weight is 165 g/mol. The predicted molar refractivity (Wildman–Crippen MR) is 46.7 cm³/mol. The van der Waals surface area contributed by atoms with Gasteiger partial charge in [0.25, 0.3) is 0 Å². The van der Waals surface area contributed by atoms with Gasteiger partial charge in [-0.05, 0) is 12.8 Å². The highest BCUT2D eigenvalue weighted by molar-refractivity contribution is 5.65. The highest BCUT2D eigenvalue weighted by Gasteiger charge is 2.25. The first-order valence-corrected chi connectivity index (χ1v) is 3.93. The van der Waals surface area contributed by atoms with Crippen LogP contribution in [0.3, 0.4) is 0 Å². The number of hydrogen-bond donors (Lipinski definition) is 2. The van der Waals surface area contributed by atoms with Crippen LogP contribution in [0.2, 0.25) is 0 Å². The molecule has 0 radical (unpaired) electrons. The molecule has 4 heteroatoms. The molecule has 0 atom stereocenters. The number of nitrogens with two attached hydrogens (primary N) is 2. The van der Waals surface area contributed by atoms with Gasteiger partial charge in [-0.3, -0.25) is 4.98 Å². The Morgan fingerprint density at radius 1 is 1.25 bits per heavy atom. The lowest BCUT2D eigenvalue weighted by Crippen LogP contribution is -2.03. The van der Waals surface area contributed by atoms with Crippen molar-refractivity contribution in [1.82, 2.24) is 4.98 Å². The molecule has 1 fully saturated rings. The first kappa shape index (κ1) is 7.21. The summed E-state index contributed by atoms with van der Waals surface area (Å²) in [6, 6.07) is 0. The van der Waals surface area contributed by atoms with Crippen LogP contribution in [0, 0.1) is 0 Å². The van der Waals surface area contributed by atoms with Gasteiger partial charge in [0.15, 0.2) is 5.75 Å². The van der Waals surface area contributed by atoms with Gasteiger partial charge in [-0.2, -0.15) is 0 Å². The van der Waals surface area contributed by atoms with Crippen LogP contribution >= 0.6 is 0 Å². The summed E-state index contributed by atoms with van der Waals surface area (Å²) in [6.07, 6.45) is 5.61. The zero-order valence-corrected chi connectivity index (χ0v) is 6.66. The van der Waals surface area contributed by atoms with E-state index < -0.39 is 0 Å². The van der Waals surface area contributed by atoms with Crippen LogP contribution in [0.25, 0.3) is 0 Å². The van der Waals surface area contributed by atoms with Crippen LogP contribution in [0.1, 0.15) is 12.8 Å². The monoisotopic (exact) mass is 165 g/mol. The molecule has 4 nitrogen and oxygen atoms in total. The molecule has 12 heavy (non-hydrogen) atoms. The van der Waals surface area contributed by atoms with Gasteiger partial charge in [-0.25, -0.2) is 0 Å². The van der Waals surface area contributed by atoms with E-state index in [1.807, 2.05) is 0 Å². The van der Waals surface area contributed by atoms with E-state index in [2.05, 4.69) is 4.98 Å². The summed E-state index contributed by atoms with van der Waals surface area (Å²) >= 11 is 0. The van der Waals surface area contributed by atoms with Gasteiger partial charge < -0.3 is 16.2 Å². The Morgan fingerprint density at radius 2 is 1.83 bits per heavy atom. The second kappa shape index (κ2) is 2.55. The minimum Gasteiger partial charge on any atom is -0.486 e. The number of ether oxygens (including phenoxy) is 1. The molecule has 0 amide bonds. The minimum absolute atomic E-state index is 0.317. The van der Waals surface area contributed by atoms with E-state index in [4.69, 9.17) is 16.2 Å². The molecule has 1 aromatic rings. The van der Waals surface area contributed by atoms with Crippen LogP contribution in [0.4, 0.5) is 11.4 Å². The van der Waals surface area contributed by atoms with E-state index in [-0.39, 0.29) is 0 Å². The minimum atomic E-state index is 0.317. The number of nitrogens with zero attached hydrogens (tertiary/aromatic N) is 1. The van der Waals surface area contributed by atoms with Crippen molar-refractivity contribution in [1.29, 1.82) is 0 Å². The van der Waals surface area contributed by atoms with Crippen molar-refractivity contribution in [3.05, 3.63) is 12.4 Å². The predicted octanol–water partition coefficient (Wildman–Crippen LogP) is 0.787. The van der Waals surface area contributed by atoms with Gasteiger partial charge in [0.1, 0.15) is 0 Å². The standard InChI is InChI=1S/C8H11N3O/c9-6-3-11-4-7(10)8(6)12-5-1-2-5/h3-5H,1-2,9-10H2. The topological polar surface area (TPSA) is 74.2 Å². The SMILES string of the molecule is Nc1cncc(N)c1OC1CC1. The molecule has 0 aromatic carbocycles. The number of hydrogen-bond acceptors (Lipinski definition) is 4. The van der Waals surface area contributed by atoms with Gasteiger partial charge in [0, 0.05) is 0 Å². The van der Waals surface area contributed by atoms with E-state index in [9.17, 15) is 0 Å². The summed E-state index contributed by atoms with van der Waals surface area (Å²) in [5, 5.41) is 0. The molecule has 1 aliphatic carbocycles. The van der Waals surface area contributed by atoms with Crippen molar-refractivity contribution in [2.45, 2.75) is 18.9 Å². The van der Waals surface area contributed by atoms with E-state index in [1.54, 1.807) is 12.4 Å². The van der Waals surface area contributed by atoms with Crippen LogP contribution in [0.5, 0.6) is 5.75 Å². The van der Waals surface area contributed by atoms with Gasteiger partial charge in [-0.15, -0.1) is 0 Å². The van der Waals surface area contributed by atoms with E-state index in [1.165, 1.54) is 0 Å². The van der Waals surface area contributed by atoms with Crippen LogP contribution in [-0.4, -0.2) is 11.1 Å². The average Bonchev–Trinajstić information content (AvgIpc) is 2.80. The molecular formula is C8H11N3O. The summed E-state index contributed by atoms with van der Waals surface area (Å²) in [5.41, 5.74) is 12.3. The first-order chi connectivity index (χ1) is 5.77. The highest BCUT2D eigenvalue weighted by Crippen LogP contribution is 2.33. The van der Waals surface area contributed by atoms with Crippen LogP contribution in [-0.2, 0) is 0 Å². The molecular weight excluding hydrogens is 154 g/mol. The zero-order valence-electron chi connectivity index (χ0n) is 6.66. The summed E-state index contributed by atoms with van der Waals surface area (Å²) < 4.78 is 5.50. The summed E-state index contributed by atoms with van der Waals surface area (Å²) in [6.45, 7) is 0. The fourth-order valence-electron chi connectivity index (χ4n) is 0.970. The molecule has 1 aliphatic rings. The lowest BCUT2D eigenvalue weighted by molar-refractivity contribution is 0.306. The Hall–Kier alpha value is -1.45. The Kier molecular flexibility index (Phi) is 1.53. The van der Waals surface area contributed by atoms with Crippen molar-refractivity contribution in [2.75, 3.05) is 11.5 Å². The molecule has 0 spiro atoms. The normalized spacial score (nSPS) is 16.0. The quantitative estimate of drug-likeness (QED) is 0.679. The van der Waals surface area contributed by atoms with Gasteiger partial charge in [-0.1, -0.05) is 0 Å². The van der Waals surface area contributed by atoms with E-state index in [0.29, 0.717) is 23.2 Å². The second-order valence-corrected chi connectivity index (χ2v) is 2.96. The molecule has 1 heterocycles. The Bertz CT molecular complexity index is 276. The largest absolute Gasteiger partial charge is 0.486 e. The van der Waals surface area contributed by atoms with Crippen molar-refractivity contribution in [2.24, 2.45) is 0 Å². The Morgan fingerprint density at radius 3 is 2.33 bits per heavy atom. The third-order valence-corrected chi connectivity index (χ3v) is 1.76. The maximum Gasteiger partial charge on any atom is 0.168 e. The molecule has 1 saturated carbocycles. The van der Waals surface area contributed by atoms with Crippen LogP contribution < -0.4 is 16.2 Å². The molecule has 0 saturated heterocycles. The van der Waals surface area contributed by atoms with E-state index >= 15 is 0 Å². The fourth-order valence-corrected chi connectivity index (χ4v) is 0.970. The first-order valence-electron chi connectivity index (χ1n) is 3.93. The lowest BCUT2D eigenvalue weighted by atomic mass is 10.3. The molecule has 64 valence electrons. The number of anilines is 2. The van der Waals surface area contributed by atoms with Crippen molar-refractivity contribution >= 4 is 11.4 Å². The molecule has 0 aliphatic heterocycles. The third-order valence-electron chi connectivity index (χ3n) is 1.76. The summed E-state index contributed by atoms with van der Waals surface area (Å²) in [7, 11) is 0. The summed E-state index contributed by atoms with van der Waals surface area (Å²) in [5.74, 6) is 0.590. The van der Waals surface area contributed by atoms with Gasteiger partial charge in [0.2, 0.25) is 0 Å². The highest BCUT2D eigenvalue weighted by atomic mass is 16.5. The third kappa shape index (κ3) is 1.28. The number of rotatable bonds is 2. The fraction of sp³-hybridized carbons (Fsp3) is 0.375. The number of pyridine rings is 1. The second-order valence-electron chi connectivity index (χ2n) is 2.96. The molecule has 0 bridgehead atoms. The number of aromatic nitrogens is 1. The zero-order chi connectivity index (χ0) is 8.55. The van der Waals surface area contributed by atoms with Crippen LogP contribution in [0.15, 0.2) is 12.4 Å². The molecule has 2 rings (SSSR count). The summed E-state index contributed by atoms with van der Waals surface area (Å²) in [4.78, 5) is 3.84. The molecule has 0 unspecified atom stereocenters. The van der Waals surface area contributed by atoms with Crippen molar-refractivity contribution < 1.29 is 4.74 Å². The van der Waals surface area contributed by atoms with Crippen molar-refractivity contribution in [3.8, 4) is 5.75 Å². The van der Waals surface area contributed by atoms with Gasteiger partial charge >= 0.3 is 0 Å². The maximum atomic E-state index is 5.63. The van der Waals surface area contributed by atoms with E-state index in [0.717, 1.165) is 12.8 Å². The molecule has 4 N–H and O–H groups in total. The maximum absolute atomic E-state index is 5.63. The number of nitrogen functional groups attached to an aromatic ring is 2. The smallest absolute Gasteiger partial charge is 0.168 e. The Labute approximate surface area is 70.5 Å². The lowest BCUT2D eigenvalue weighted by Gasteiger charge is -2.08. The Balaban J connectivity index is 2.26. The van der Waals surface area contributed by atoms with Gasteiger partial charge in [0.05, 0.1) is 29.9 Å². The van der Waals surface area contributed by atoms with Crippen molar-refractivity contribution in [3.63, 3.8) is 0 Å². The molecule has 1 aromatic heterocycles.